The number of nitrogen functional groups attached to an aromatic ring is 1. The molecule has 2 N–H and O–H groups in total. The average molecular weight is 272 g/mol. The zero-order valence-electron chi connectivity index (χ0n) is 12.0. The fourth-order valence-electron chi connectivity index (χ4n) is 1.96. The Morgan fingerprint density at radius 3 is 2.60 bits per heavy atom. The number of aryl methyl sites for hydroxylation is 1. The number of carbonyl (C=O) groups excluding carboxylic acids is 1. The Kier molecular flexibility index (Phi) is 4.50. The van der Waals surface area contributed by atoms with Crippen molar-refractivity contribution in [2.45, 2.75) is 39.5 Å². The average Bonchev–Trinajstić information content (AvgIpc) is 2.82. The second kappa shape index (κ2) is 6.32. The van der Waals surface area contributed by atoms with Gasteiger partial charge in [0, 0.05) is 12.0 Å². The van der Waals surface area contributed by atoms with Crippen molar-refractivity contribution in [3.63, 3.8) is 0 Å². The van der Waals surface area contributed by atoms with Crippen LogP contribution in [0, 0.1) is 6.92 Å². The van der Waals surface area contributed by atoms with Crippen LogP contribution in [0.15, 0.2) is 24.3 Å². The summed E-state index contributed by atoms with van der Waals surface area (Å²) in [7, 11) is 0. The van der Waals surface area contributed by atoms with Gasteiger partial charge in [0.15, 0.2) is 5.82 Å². The Balaban J connectivity index is 2.16. The lowest BCUT2D eigenvalue weighted by Gasteiger charge is -2.00. The van der Waals surface area contributed by atoms with Crippen molar-refractivity contribution in [1.29, 1.82) is 0 Å². The molecule has 1 aromatic heterocycles. The molecule has 5 heteroatoms. The van der Waals surface area contributed by atoms with E-state index in [1.807, 2.05) is 31.2 Å². The standard InChI is InChI=1S/C15H20N4O/c1-3-4-5-6-13(20)19-15(16)17-14(18-19)12-9-7-11(2)8-10-12/h7-10H,3-6H2,1-2H3,(H2,16,17,18). The molecule has 5 nitrogen and oxygen atoms in total. The molecule has 0 aliphatic rings. The van der Waals surface area contributed by atoms with Gasteiger partial charge in [-0.3, -0.25) is 4.79 Å². The number of nitrogens with two attached hydrogens (primary N) is 1. The van der Waals surface area contributed by atoms with Gasteiger partial charge in [0.05, 0.1) is 0 Å². The van der Waals surface area contributed by atoms with E-state index < -0.39 is 0 Å². The second-order valence-electron chi connectivity index (χ2n) is 4.92. The SMILES string of the molecule is CCCCCC(=O)n1nc(-c2ccc(C)cc2)nc1N. The van der Waals surface area contributed by atoms with Gasteiger partial charge in [-0.2, -0.15) is 9.67 Å². The summed E-state index contributed by atoms with van der Waals surface area (Å²) in [4.78, 5) is 16.2. The maximum atomic E-state index is 12.0. The molecule has 1 heterocycles. The van der Waals surface area contributed by atoms with Gasteiger partial charge in [0.25, 0.3) is 0 Å². The van der Waals surface area contributed by atoms with E-state index in [9.17, 15) is 4.79 Å². The van der Waals surface area contributed by atoms with Crippen LogP contribution in [0.25, 0.3) is 11.4 Å². The minimum atomic E-state index is -0.0955. The van der Waals surface area contributed by atoms with E-state index in [-0.39, 0.29) is 11.9 Å². The van der Waals surface area contributed by atoms with Crippen LogP contribution in [0.4, 0.5) is 5.95 Å². The van der Waals surface area contributed by atoms with Gasteiger partial charge < -0.3 is 5.73 Å². The highest BCUT2D eigenvalue weighted by molar-refractivity contribution is 5.81. The molecule has 0 saturated heterocycles. The van der Waals surface area contributed by atoms with Crippen molar-refractivity contribution in [3.8, 4) is 11.4 Å². The fourth-order valence-corrected chi connectivity index (χ4v) is 1.96. The fraction of sp³-hybridized carbons (Fsp3) is 0.400. The van der Waals surface area contributed by atoms with E-state index in [1.54, 1.807) is 0 Å². The molecule has 106 valence electrons. The van der Waals surface area contributed by atoms with Crippen LogP contribution in [0.1, 0.15) is 43.0 Å². The van der Waals surface area contributed by atoms with E-state index in [4.69, 9.17) is 5.73 Å². The van der Waals surface area contributed by atoms with Gasteiger partial charge in [-0.15, -0.1) is 5.10 Å². The van der Waals surface area contributed by atoms with Crippen molar-refractivity contribution in [2.24, 2.45) is 0 Å². The van der Waals surface area contributed by atoms with Crippen molar-refractivity contribution in [2.75, 3.05) is 5.73 Å². The Bertz CT molecular complexity index is 586. The van der Waals surface area contributed by atoms with Crippen LogP contribution in [-0.4, -0.2) is 20.7 Å². The molecule has 0 atom stereocenters. The number of hydrogen-bond donors (Lipinski definition) is 1. The van der Waals surface area contributed by atoms with Crippen LogP contribution in [0.5, 0.6) is 0 Å². The smallest absolute Gasteiger partial charge is 0.250 e. The highest BCUT2D eigenvalue weighted by Gasteiger charge is 2.14. The summed E-state index contributed by atoms with van der Waals surface area (Å²) in [5.74, 6) is 0.551. The van der Waals surface area contributed by atoms with Crippen molar-refractivity contribution >= 4 is 11.9 Å². The lowest BCUT2D eigenvalue weighted by Crippen LogP contribution is -2.15. The first-order chi connectivity index (χ1) is 9.61. The highest BCUT2D eigenvalue weighted by Crippen LogP contribution is 2.17. The summed E-state index contributed by atoms with van der Waals surface area (Å²) in [5.41, 5.74) is 7.81. The van der Waals surface area contributed by atoms with E-state index in [0.717, 1.165) is 30.4 Å². The zero-order chi connectivity index (χ0) is 14.5. The molecule has 0 bridgehead atoms. The number of anilines is 1. The lowest BCUT2D eigenvalue weighted by atomic mass is 10.1. The summed E-state index contributed by atoms with van der Waals surface area (Å²) in [6, 6.07) is 7.82. The lowest BCUT2D eigenvalue weighted by molar-refractivity contribution is 0.0886. The Morgan fingerprint density at radius 1 is 1.25 bits per heavy atom. The molecule has 2 aromatic rings. The van der Waals surface area contributed by atoms with Gasteiger partial charge in [0.1, 0.15) is 0 Å². The van der Waals surface area contributed by atoms with Crippen LogP contribution < -0.4 is 5.73 Å². The van der Waals surface area contributed by atoms with E-state index in [1.165, 1.54) is 4.68 Å². The number of benzene rings is 1. The third kappa shape index (κ3) is 3.23. The van der Waals surface area contributed by atoms with Gasteiger partial charge in [-0.25, -0.2) is 0 Å². The molecular weight excluding hydrogens is 252 g/mol. The number of nitrogens with zero attached hydrogens (tertiary/aromatic N) is 3. The molecule has 0 saturated carbocycles. The predicted molar refractivity (Wildman–Crippen MR) is 79.4 cm³/mol. The quantitative estimate of drug-likeness (QED) is 0.849. The summed E-state index contributed by atoms with van der Waals surface area (Å²) in [5, 5.41) is 4.22. The summed E-state index contributed by atoms with van der Waals surface area (Å²) in [6.07, 6.45) is 3.42. The first kappa shape index (κ1) is 14.2. The molecule has 20 heavy (non-hydrogen) atoms. The van der Waals surface area contributed by atoms with Crippen LogP contribution in [0.3, 0.4) is 0 Å². The van der Waals surface area contributed by atoms with E-state index in [2.05, 4.69) is 17.0 Å². The van der Waals surface area contributed by atoms with Crippen molar-refractivity contribution < 1.29 is 4.79 Å². The molecule has 0 fully saturated rings. The summed E-state index contributed by atoms with van der Waals surface area (Å²) >= 11 is 0. The first-order valence-electron chi connectivity index (χ1n) is 6.94. The first-order valence-corrected chi connectivity index (χ1v) is 6.94. The van der Waals surface area contributed by atoms with Gasteiger partial charge >= 0.3 is 0 Å². The Labute approximate surface area is 118 Å². The summed E-state index contributed by atoms with van der Waals surface area (Å²) < 4.78 is 1.21. The maximum absolute atomic E-state index is 12.0. The minimum absolute atomic E-state index is 0.0955. The third-order valence-electron chi connectivity index (χ3n) is 3.17. The number of hydrogen-bond acceptors (Lipinski definition) is 4. The second-order valence-corrected chi connectivity index (χ2v) is 4.92. The van der Waals surface area contributed by atoms with E-state index in [0.29, 0.717) is 12.2 Å². The number of aromatic nitrogens is 3. The Morgan fingerprint density at radius 2 is 1.95 bits per heavy atom. The normalized spacial score (nSPS) is 10.7. The maximum Gasteiger partial charge on any atom is 0.250 e. The number of unbranched alkanes of at least 4 members (excludes halogenated alkanes) is 2. The van der Waals surface area contributed by atoms with Crippen LogP contribution in [0.2, 0.25) is 0 Å². The molecule has 0 unspecified atom stereocenters. The molecule has 0 aliphatic carbocycles. The predicted octanol–water partition coefficient (Wildman–Crippen LogP) is 3.06. The Hall–Kier alpha value is -2.17. The molecular formula is C15H20N4O. The molecule has 0 spiro atoms. The monoisotopic (exact) mass is 272 g/mol. The van der Waals surface area contributed by atoms with Gasteiger partial charge in [0.2, 0.25) is 11.9 Å². The molecule has 0 aliphatic heterocycles. The number of rotatable bonds is 5. The van der Waals surface area contributed by atoms with Gasteiger partial charge in [-0.05, 0) is 13.3 Å². The minimum Gasteiger partial charge on any atom is -0.368 e. The van der Waals surface area contributed by atoms with Crippen LogP contribution >= 0.6 is 0 Å². The zero-order valence-corrected chi connectivity index (χ0v) is 12.0. The molecule has 1 aromatic carbocycles. The van der Waals surface area contributed by atoms with Crippen molar-refractivity contribution in [3.05, 3.63) is 29.8 Å². The summed E-state index contributed by atoms with van der Waals surface area (Å²) in [6.45, 7) is 4.12. The van der Waals surface area contributed by atoms with Crippen molar-refractivity contribution in [1.82, 2.24) is 14.8 Å². The molecule has 0 radical (unpaired) electrons. The highest BCUT2D eigenvalue weighted by atomic mass is 16.2. The van der Waals surface area contributed by atoms with Gasteiger partial charge in [-0.1, -0.05) is 49.6 Å². The topological polar surface area (TPSA) is 73.8 Å². The third-order valence-corrected chi connectivity index (χ3v) is 3.17. The van der Waals surface area contributed by atoms with Crippen LogP contribution in [-0.2, 0) is 0 Å². The molecule has 0 amide bonds. The largest absolute Gasteiger partial charge is 0.368 e. The molecule has 2 rings (SSSR count). The number of carbonyl (C=O) groups is 1. The van der Waals surface area contributed by atoms with E-state index >= 15 is 0 Å².